The Hall–Kier alpha value is -0.130. The van der Waals surface area contributed by atoms with Crippen molar-refractivity contribution in [3.05, 3.63) is 0 Å². The van der Waals surface area contributed by atoms with Gasteiger partial charge in [-0.2, -0.15) is 8.42 Å². The lowest BCUT2D eigenvalue weighted by atomic mass is 10.0. The zero-order valence-electron chi connectivity index (χ0n) is 18.0. The topological polar surface area (TPSA) is 74.6 Å². The van der Waals surface area contributed by atoms with Crippen LogP contribution in [0.1, 0.15) is 129 Å². The third kappa shape index (κ3) is 17.7. The van der Waals surface area contributed by atoms with Crippen molar-refractivity contribution in [3.63, 3.8) is 0 Å². The minimum atomic E-state index is -4.06. The van der Waals surface area contributed by atoms with Crippen molar-refractivity contribution < 1.29 is 18.1 Å². The zero-order chi connectivity index (χ0) is 20.4. The highest BCUT2D eigenvalue weighted by atomic mass is 32.2. The first-order chi connectivity index (χ1) is 12.9. The Kier molecular flexibility index (Phi) is 17.8. The molecule has 0 heterocycles. The summed E-state index contributed by atoms with van der Waals surface area (Å²) in [6.07, 6.45) is 19.1. The molecule has 2 atom stereocenters. The van der Waals surface area contributed by atoms with E-state index in [0.717, 1.165) is 25.7 Å². The zero-order valence-corrected chi connectivity index (χ0v) is 18.8. The molecule has 0 aliphatic rings. The average Bonchev–Trinajstić information content (AvgIpc) is 2.60. The molecule has 0 aromatic rings. The van der Waals surface area contributed by atoms with Gasteiger partial charge in [-0.3, -0.25) is 4.55 Å². The van der Waals surface area contributed by atoms with Crippen LogP contribution in [0.4, 0.5) is 0 Å². The van der Waals surface area contributed by atoms with Crippen molar-refractivity contribution >= 4 is 10.1 Å². The fourth-order valence-electron chi connectivity index (χ4n) is 3.71. The van der Waals surface area contributed by atoms with Gasteiger partial charge in [0.05, 0.1) is 11.4 Å². The lowest BCUT2D eigenvalue weighted by molar-refractivity contribution is 0.149. The summed E-state index contributed by atoms with van der Waals surface area (Å²) in [6.45, 7) is 4.21. The van der Waals surface area contributed by atoms with E-state index in [-0.39, 0.29) is 6.42 Å². The van der Waals surface area contributed by atoms with E-state index in [2.05, 4.69) is 6.92 Å². The minimum absolute atomic E-state index is 0.158. The third-order valence-corrected chi connectivity index (χ3v) is 6.73. The molecule has 164 valence electrons. The maximum Gasteiger partial charge on any atom is 0.267 e. The molecule has 0 aliphatic heterocycles. The van der Waals surface area contributed by atoms with Gasteiger partial charge in [-0.15, -0.1) is 0 Å². The van der Waals surface area contributed by atoms with Crippen molar-refractivity contribution in [2.45, 2.75) is 141 Å². The van der Waals surface area contributed by atoms with E-state index in [9.17, 15) is 18.1 Å². The van der Waals surface area contributed by atoms with Crippen LogP contribution in [0.2, 0.25) is 0 Å². The Morgan fingerprint density at radius 1 is 0.630 bits per heavy atom. The highest BCUT2D eigenvalue weighted by molar-refractivity contribution is 7.86. The smallest absolute Gasteiger partial charge is 0.267 e. The summed E-state index contributed by atoms with van der Waals surface area (Å²) in [5.74, 6) is 0. The van der Waals surface area contributed by atoms with E-state index < -0.39 is 21.5 Å². The predicted molar refractivity (Wildman–Crippen MR) is 116 cm³/mol. The second kappa shape index (κ2) is 17.9. The Balaban J connectivity index is 3.57. The lowest BCUT2D eigenvalue weighted by Crippen LogP contribution is -2.26. The lowest BCUT2D eigenvalue weighted by Gasteiger charge is -2.17. The molecule has 0 saturated heterocycles. The summed E-state index contributed by atoms with van der Waals surface area (Å²) in [6, 6.07) is 0. The standard InChI is InChI=1S/C22H46O4S/c1-3-5-6-7-8-9-10-11-12-13-14-15-16-17-19-22(27(24,25)26)20-21(23)18-4-2/h21-23H,3-20H2,1-2H3,(H,24,25,26). The van der Waals surface area contributed by atoms with Gasteiger partial charge in [0.1, 0.15) is 0 Å². The van der Waals surface area contributed by atoms with Gasteiger partial charge in [-0.1, -0.05) is 110 Å². The molecular formula is C22H46O4S. The molecule has 0 radical (unpaired) electrons. The molecule has 0 rings (SSSR count). The van der Waals surface area contributed by atoms with Crippen molar-refractivity contribution in [1.29, 1.82) is 0 Å². The maximum absolute atomic E-state index is 11.5. The number of aliphatic hydroxyl groups is 1. The van der Waals surface area contributed by atoms with E-state index in [1.54, 1.807) is 0 Å². The van der Waals surface area contributed by atoms with E-state index in [1.165, 1.54) is 70.6 Å². The molecule has 0 spiro atoms. The van der Waals surface area contributed by atoms with Gasteiger partial charge in [0.25, 0.3) is 10.1 Å². The molecule has 2 unspecified atom stereocenters. The Morgan fingerprint density at radius 2 is 1.04 bits per heavy atom. The number of unbranched alkanes of at least 4 members (excludes halogenated alkanes) is 13. The van der Waals surface area contributed by atoms with Crippen LogP contribution in [0.25, 0.3) is 0 Å². The first kappa shape index (κ1) is 26.9. The molecule has 2 N–H and O–H groups in total. The summed E-state index contributed by atoms with van der Waals surface area (Å²) < 4.78 is 32.3. The molecular weight excluding hydrogens is 360 g/mol. The largest absolute Gasteiger partial charge is 0.393 e. The Bertz CT molecular complexity index is 409. The van der Waals surface area contributed by atoms with E-state index >= 15 is 0 Å². The van der Waals surface area contributed by atoms with Gasteiger partial charge in [0.2, 0.25) is 0 Å². The van der Waals surface area contributed by atoms with Gasteiger partial charge in [0, 0.05) is 0 Å². The van der Waals surface area contributed by atoms with Crippen LogP contribution in [0.3, 0.4) is 0 Å². The maximum atomic E-state index is 11.5. The third-order valence-electron chi connectivity index (χ3n) is 5.46. The van der Waals surface area contributed by atoms with Crippen LogP contribution in [-0.4, -0.2) is 29.4 Å². The average molecular weight is 407 g/mol. The summed E-state index contributed by atoms with van der Waals surface area (Å²) in [5, 5.41) is 9.01. The molecule has 0 bridgehead atoms. The highest BCUT2D eigenvalue weighted by Gasteiger charge is 2.25. The number of rotatable bonds is 20. The van der Waals surface area contributed by atoms with Crippen LogP contribution < -0.4 is 0 Å². The SMILES string of the molecule is CCCCCCCCCCCCCCCCC(CC(O)CCC)S(=O)(=O)O. The first-order valence-corrected chi connectivity index (χ1v) is 13.1. The van der Waals surface area contributed by atoms with Crippen molar-refractivity contribution in [3.8, 4) is 0 Å². The molecule has 5 heteroatoms. The minimum Gasteiger partial charge on any atom is -0.393 e. The second-order valence-corrected chi connectivity index (χ2v) is 9.90. The molecule has 0 aliphatic carbocycles. The van der Waals surface area contributed by atoms with Crippen molar-refractivity contribution in [2.24, 2.45) is 0 Å². The van der Waals surface area contributed by atoms with E-state index in [1.807, 2.05) is 6.92 Å². The monoisotopic (exact) mass is 406 g/mol. The quantitative estimate of drug-likeness (QED) is 0.175. The molecule has 4 nitrogen and oxygen atoms in total. The van der Waals surface area contributed by atoms with Crippen molar-refractivity contribution in [1.82, 2.24) is 0 Å². The number of hydrogen-bond donors (Lipinski definition) is 2. The summed E-state index contributed by atoms with van der Waals surface area (Å²) in [5.41, 5.74) is 0. The van der Waals surface area contributed by atoms with Crippen LogP contribution in [-0.2, 0) is 10.1 Å². The molecule has 0 aromatic heterocycles. The highest BCUT2D eigenvalue weighted by Crippen LogP contribution is 2.19. The molecule has 27 heavy (non-hydrogen) atoms. The van der Waals surface area contributed by atoms with Crippen LogP contribution >= 0.6 is 0 Å². The van der Waals surface area contributed by atoms with Gasteiger partial charge >= 0.3 is 0 Å². The van der Waals surface area contributed by atoms with Crippen molar-refractivity contribution in [2.75, 3.05) is 0 Å². The summed E-state index contributed by atoms with van der Waals surface area (Å²) >= 11 is 0. The van der Waals surface area contributed by atoms with Crippen LogP contribution in [0, 0.1) is 0 Å². The normalized spacial score (nSPS) is 14.4. The Morgan fingerprint density at radius 3 is 1.41 bits per heavy atom. The summed E-state index contributed by atoms with van der Waals surface area (Å²) in [7, 11) is -4.06. The predicted octanol–water partition coefficient (Wildman–Crippen LogP) is 6.67. The number of aliphatic hydroxyl groups excluding tert-OH is 1. The molecule has 0 aromatic carbocycles. The Labute approximate surface area is 169 Å². The summed E-state index contributed by atoms with van der Waals surface area (Å²) in [4.78, 5) is 0. The number of hydrogen-bond acceptors (Lipinski definition) is 3. The van der Waals surface area contributed by atoms with Crippen LogP contribution in [0.5, 0.6) is 0 Å². The van der Waals surface area contributed by atoms with Gasteiger partial charge in [-0.05, 0) is 19.3 Å². The van der Waals surface area contributed by atoms with Gasteiger partial charge < -0.3 is 5.11 Å². The fourth-order valence-corrected chi connectivity index (χ4v) is 4.64. The first-order valence-electron chi connectivity index (χ1n) is 11.6. The molecule has 0 saturated carbocycles. The second-order valence-electron chi connectivity index (χ2n) is 8.20. The van der Waals surface area contributed by atoms with E-state index in [0.29, 0.717) is 12.8 Å². The molecule has 0 amide bonds. The van der Waals surface area contributed by atoms with E-state index in [4.69, 9.17) is 0 Å². The molecule has 0 fully saturated rings. The van der Waals surface area contributed by atoms with Gasteiger partial charge in [0.15, 0.2) is 0 Å². The van der Waals surface area contributed by atoms with Crippen LogP contribution in [0.15, 0.2) is 0 Å². The van der Waals surface area contributed by atoms with Gasteiger partial charge in [-0.25, -0.2) is 0 Å². The fraction of sp³-hybridized carbons (Fsp3) is 1.00.